The lowest BCUT2D eigenvalue weighted by Crippen LogP contribution is -2.43. The second kappa shape index (κ2) is 9.80. The SMILES string of the molecule is CC(C)NC(=O)c1ccc(Cl)c(NC(=O)C2CCCN(S(=O)(=O)c3ccccc3)C2)c1. The average molecular weight is 464 g/mol. The standard InChI is InChI=1S/C22H26ClN3O4S/c1-15(2)24-21(27)16-10-11-19(23)20(13-16)25-22(28)17-7-6-12-26(14-17)31(29,30)18-8-4-3-5-9-18/h3-5,8-11,13,15,17H,6-7,12,14H2,1-2H3,(H,24,27)(H,25,28). The lowest BCUT2D eigenvalue weighted by atomic mass is 9.98. The normalized spacial score (nSPS) is 17.4. The maximum atomic E-state index is 12.9. The number of hydrogen-bond acceptors (Lipinski definition) is 4. The Hall–Kier alpha value is -2.42. The molecule has 31 heavy (non-hydrogen) atoms. The highest BCUT2D eigenvalue weighted by Gasteiger charge is 2.33. The number of carbonyl (C=O) groups excluding carboxylic acids is 2. The molecule has 1 unspecified atom stereocenters. The molecule has 0 saturated carbocycles. The van der Waals surface area contributed by atoms with Gasteiger partial charge in [0.15, 0.2) is 0 Å². The van der Waals surface area contributed by atoms with Gasteiger partial charge >= 0.3 is 0 Å². The summed E-state index contributed by atoms with van der Waals surface area (Å²) >= 11 is 6.22. The molecule has 3 rings (SSSR count). The highest BCUT2D eigenvalue weighted by Crippen LogP contribution is 2.27. The van der Waals surface area contributed by atoms with Gasteiger partial charge < -0.3 is 10.6 Å². The van der Waals surface area contributed by atoms with Crippen LogP contribution in [0.1, 0.15) is 37.0 Å². The first kappa shape index (κ1) is 23.2. The summed E-state index contributed by atoms with van der Waals surface area (Å²) in [4.78, 5) is 25.4. The van der Waals surface area contributed by atoms with Crippen LogP contribution in [0.3, 0.4) is 0 Å². The van der Waals surface area contributed by atoms with Gasteiger partial charge in [0.25, 0.3) is 5.91 Å². The number of nitrogens with one attached hydrogen (secondary N) is 2. The second-order valence-corrected chi connectivity index (χ2v) is 10.2. The zero-order chi connectivity index (χ0) is 22.6. The topological polar surface area (TPSA) is 95.6 Å². The Morgan fingerprint density at radius 2 is 1.84 bits per heavy atom. The van der Waals surface area contributed by atoms with Gasteiger partial charge in [-0.3, -0.25) is 9.59 Å². The third-order valence-corrected chi connectivity index (χ3v) is 7.25. The van der Waals surface area contributed by atoms with E-state index < -0.39 is 15.9 Å². The van der Waals surface area contributed by atoms with Gasteiger partial charge in [0.05, 0.1) is 21.5 Å². The average Bonchev–Trinajstić information content (AvgIpc) is 2.75. The summed E-state index contributed by atoms with van der Waals surface area (Å²) < 4.78 is 27.2. The first-order valence-electron chi connectivity index (χ1n) is 10.1. The number of rotatable bonds is 6. The number of carbonyl (C=O) groups is 2. The third kappa shape index (κ3) is 5.64. The number of hydrogen-bond donors (Lipinski definition) is 2. The van der Waals surface area contributed by atoms with Crippen LogP contribution in [-0.4, -0.2) is 43.7 Å². The van der Waals surface area contributed by atoms with E-state index in [0.717, 1.165) is 0 Å². The molecule has 0 radical (unpaired) electrons. The molecule has 1 aliphatic heterocycles. The van der Waals surface area contributed by atoms with Gasteiger partial charge in [0, 0.05) is 24.7 Å². The van der Waals surface area contributed by atoms with Crippen molar-refractivity contribution in [2.75, 3.05) is 18.4 Å². The van der Waals surface area contributed by atoms with E-state index in [0.29, 0.717) is 35.7 Å². The Morgan fingerprint density at radius 1 is 1.13 bits per heavy atom. The number of sulfonamides is 1. The molecule has 0 spiro atoms. The van der Waals surface area contributed by atoms with Crippen molar-refractivity contribution < 1.29 is 18.0 Å². The van der Waals surface area contributed by atoms with Crippen LogP contribution in [0, 0.1) is 5.92 Å². The molecule has 2 amide bonds. The number of nitrogens with zero attached hydrogens (tertiary/aromatic N) is 1. The molecule has 1 fully saturated rings. The molecular formula is C22H26ClN3O4S. The van der Waals surface area contributed by atoms with Gasteiger partial charge in [-0.25, -0.2) is 8.42 Å². The van der Waals surface area contributed by atoms with E-state index in [-0.39, 0.29) is 29.3 Å². The monoisotopic (exact) mass is 463 g/mol. The van der Waals surface area contributed by atoms with E-state index in [1.54, 1.807) is 42.5 Å². The highest BCUT2D eigenvalue weighted by atomic mass is 35.5. The molecule has 1 aliphatic rings. The van der Waals surface area contributed by atoms with Gasteiger partial charge in [-0.2, -0.15) is 4.31 Å². The van der Waals surface area contributed by atoms with Crippen LogP contribution in [0.15, 0.2) is 53.4 Å². The number of benzene rings is 2. The largest absolute Gasteiger partial charge is 0.350 e. The summed E-state index contributed by atoms with van der Waals surface area (Å²) in [6, 6.07) is 12.8. The summed E-state index contributed by atoms with van der Waals surface area (Å²) in [6.45, 7) is 4.17. The van der Waals surface area contributed by atoms with Gasteiger partial charge in [-0.1, -0.05) is 29.8 Å². The summed E-state index contributed by atoms with van der Waals surface area (Å²) in [5.41, 5.74) is 0.705. The van der Waals surface area contributed by atoms with Gasteiger partial charge in [-0.05, 0) is 57.0 Å². The number of piperidine rings is 1. The molecule has 2 aromatic rings. The summed E-state index contributed by atoms with van der Waals surface area (Å²) in [6.07, 6.45) is 1.15. The van der Waals surface area contributed by atoms with Crippen molar-refractivity contribution in [3.63, 3.8) is 0 Å². The summed E-state index contributed by atoms with van der Waals surface area (Å²) in [7, 11) is -3.66. The van der Waals surface area contributed by atoms with Crippen molar-refractivity contribution in [1.82, 2.24) is 9.62 Å². The molecule has 166 valence electrons. The molecule has 1 atom stereocenters. The lowest BCUT2D eigenvalue weighted by molar-refractivity contribution is -0.120. The summed E-state index contributed by atoms with van der Waals surface area (Å²) in [5, 5.41) is 5.86. The molecule has 9 heteroatoms. The zero-order valence-corrected chi connectivity index (χ0v) is 19.0. The van der Waals surface area contributed by atoms with E-state index in [2.05, 4.69) is 10.6 Å². The van der Waals surface area contributed by atoms with E-state index >= 15 is 0 Å². The van der Waals surface area contributed by atoms with Crippen molar-refractivity contribution >= 4 is 39.1 Å². The fourth-order valence-electron chi connectivity index (χ4n) is 3.46. The Morgan fingerprint density at radius 3 is 2.52 bits per heavy atom. The van der Waals surface area contributed by atoms with Crippen LogP contribution in [0.4, 0.5) is 5.69 Å². The molecule has 0 aliphatic carbocycles. The molecule has 1 heterocycles. The van der Waals surface area contributed by atoms with Crippen LogP contribution >= 0.6 is 11.6 Å². The van der Waals surface area contributed by atoms with Gasteiger partial charge in [-0.15, -0.1) is 0 Å². The predicted octanol–water partition coefficient (Wildman–Crippen LogP) is 3.52. The van der Waals surface area contributed by atoms with Crippen LogP contribution in [0.25, 0.3) is 0 Å². The number of anilines is 1. The quantitative estimate of drug-likeness (QED) is 0.685. The zero-order valence-electron chi connectivity index (χ0n) is 17.5. The van der Waals surface area contributed by atoms with Crippen molar-refractivity contribution in [2.24, 2.45) is 5.92 Å². The first-order chi connectivity index (χ1) is 14.7. The maximum Gasteiger partial charge on any atom is 0.251 e. The van der Waals surface area contributed by atoms with Crippen LogP contribution < -0.4 is 10.6 Å². The van der Waals surface area contributed by atoms with Crippen molar-refractivity contribution in [3.8, 4) is 0 Å². The smallest absolute Gasteiger partial charge is 0.251 e. The number of amides is 2. The molecule has 7 nitrogen and oxygen atoms in total. The van der Waals surface area contributed by atoms with Crippen LogP contribution in [0.2, 0.25) is 5.02 Å². The highest BCUT2D eigenvalue weighted by molar-refractivity contribution is 7.89. The first-order valence-corrected chi connectivity index (χ1v) is 12.0. The van der Waals surface area contributed by atoms with Crippen molar-refractivity contribution in [3.05, 3.63) is 59.1 Å². The van der Waals surface area contributed by atoms with Crippen molar-refractivity contribution in [1.29, 1.82) is 0 Å². The van der Waals surface area contributed by atoms with Crippen LogP contribution in [0.5, 0.6) is 0 Å². The van der Waals surface area contributed by atoms with E-state index in [1.165, 1.54) is 10.4 Å². The number of halogens is 1. The predicted molar refractivity (Wildman–Crippen MR) is 121 cm³/mol. The lowest BCUT2D eigenvalue weighted by Gasteiger charge is -2.31. The Labute approximate surface area is 187 Å². The minimum Gasteiger partial charge on any atom is -0.350 e. The fraction of sp³-hybridized carbons (Fsp3) is 0.364. The molecule has 2 N–H and O–H groups in total. The minimum absolute atomic E-state index is 0.0268. The molecule has 2 aromatic carbocycles. The van der Waals surface area contributed by atoms with Gasteiger partial charge in [0.2, 0.25) is 15.9 Å². The fourth-order valence-corrected chi connectivity index (χ4v) is 5.17. The second-order valence-electron chi connectivity index (χ2n) is 7.83. The van der Waals surface area contributed by atoms with Gasteiger partial charge in [0.1, 0.15) is 0 Å². The van der Waals surface area contributed by atoms with E-state index in [9.17, 15) is 18.0 Å². The van der Waals surface area contributed by atoms with E-state index in [1.807, 2.05) is 13.8 Å². The Bertz CT molecular complexity index is 1060. The third-order valence-electron chi connectivity index (χ3n) is 5.04. The maximum absolute atomic E-state index is 12.9. The Balaban J connectivity index is 1.73. The Kier molecular flexibility index (Phi) is 7.35. The molecule has 0 bridgehead atoms. The summed E-state index contributed by atoms with van der Waals surface area (Å²) in [5.74, 6) is -1.10. The van der Waals surface area contributed by atoms with E-state index in [4.69, 9.17) is 11.6 Å². The van der Waals surface area contributed by atoms with Crippen LogP contribution in [-0.2, 0) is 14.8 Å². The van der Waals surface area contributed by atoms with Crippen molar-refractivity contribution in [2.45, 2.75) is 37.6 Å². The molecular weight excluding hydrogens is 438 g/mol. The molecule has 1 saturated heterocycles. The molecule has 0 aromatic heterocycles. The minimum atomic E-state index is -3.66.